The number of hydrogen-bond donors (Lipinski definition) is 0. The first-order valence-electron chi connectivity index (χ1n) is 8.00. The average molecular weight is 340 g/mol. The zero-order valence-electron chi connectivity index (χ0n) is 13.5. The maximum Gasteiger partial charge on any atom is 0.211 e. The zero-order chi connectivity index (χ0) is 16.3. The maximum absolute atomic E-state index is 11.6. The zero-order valence-corrected chi connectivity index (χ0v) is 14.3. The van der Waals surface area contributed by atoms with E-state index >= 15 is 0 Å². The second kappa shape index (κ2) is 6.84. The van der Waals surface area contributed by atoms with Crippen LogP contribution in [0.1, 0.15) is 24.8 Å². The Bertz CT molecular complexity index is 612. The number of rotatable bonds is 5. The van der Waals surface area contributed by atoms with Gasteiger partial charge in [-0.25, -0.2) is 12.7 Å². The molecule has 2 fully saturated rings. The number of ether oxygens (including phenoxy) is 2. The Balaban J connectivity index is 1.44. The van der Waals surface area contributed by atoms with E-state index in [2.05, 4.69) is 4.98 Å². The third-order valence-electron chi connectivity index (χ3n) is 4.83. The van der Waals surface area contributed by atoms with Crippen molar-refractivity contribution in [3.05, 3.63) is 30.1 Å². The molecule has 0 aromatic carbocycles. The van der Waals surface area contributed by atoms with Gasteiger partial charge in [0.05, 0.1) is 32.2 Å². The molecule has 128 valence electrons. The fourth-order valence-corrected chi connectivity index (χ4v) is 4.28. The van der Waals surface area contributed by atoms with Crippen molar-refractivity contribution in [2.24, 2.45) is 5.41 Å². The van der Waals surface area contributed by atoms with Crippen LogP contribution in [0.4, 0.5) is 0 Å². The van der Waals surface area contributed by atoms with Gasteiger partial charge >= 0.3 is 0 Å². The normalized spacial score (nSPS) is 25.0. The highest BCUT2D eigenvalue weighted by atomic mass is 32.2. The summed E-state index contributed by atoms with van der Waals surface area (Å²) in [6, 6.07) is 3.89. The second-order valence-electron chi connectivity index (χ2n) is 6.68. The van der Waals surface area contributed by atoms with Gasteiger partial charge in [0.1, 0.15) is 0 Å². The molecule has 2 aliphatic rings. The molecule has 0 radical (unpaired) electrons. The van der Waals surface area contributed by atoms with E-state index in [-0.39, 0.29) is 11.5 Å². The minimum atomic E-state index is -3.07. The molecule has 1 atom stereocenters. The first kappa shape index (κ1) is 16.8. The Morgan fingerprint density at radius 1 is 1.43 bits per heavy atom. The lowest BCUT2D eigenvalue weighted by Gasteiger charge is -2.37. The van der Waals surface area contributed by atoms with Crippen molar-refractivity contribution in [2.75, 3.05) is 32.6 Å². The maximum atomic E-state index is 11.6. The van der Waals surface area contributed by atoms with Gasteiger partial charge in [-0.1, -0.05) is 6.07 Å². The number of aromatic nitrogens is 1. The van der Waals surface area contributed by atoms with E-state index in [0.29, 0.717) is 32.9 Å². The van der Waals surface area contributed by atoms with Crippen molar-refractivity contribution in [2.45, 2.75) is 32.0 Å². The summed E-state index contributed by atoms with van der Waals surface area (Å²) in [5.74, 6) is 0. The van der Waals surface area contributed by atoms with Crippen LogP contribution in [-0.2, 0) is 26.1 Å². The lowest BCUT2D eigenvalue weighted by Crippen LogP contribution is -2.43. The van der Waals surface area contributed by atoms with E-state index in [1.54, 1.807) is 16.7 Å². The molecule has 2 saturated heterocycles. The molecule has 6 nitrogen and oxygen atoms in total. The molecule has 0 amide bonds. The monoisotopic (exact) mass is 340 g/mol. The van der Waals surface area contributed by atoms with E-state index in [9.17, 15) is 8.42 Å². The van der Waals surface area contributed by atoms with E-state index in [4.69, 9.17) is 9.47 Å². The average Bonchev–Trinajstić information content (AvgIpc) is 2.91. The third-order valence-corrected chi connectivity index (χ3v) is 6.14. The van der Waals surface area contributed by atoms with Crippen LogP contribution < -0.4 is 0 Å². The van der Waals surface area contributed by atoms with E-state index in [0.717, 1.165) is 24.8 Å². The smallest absolute Gasteiger partial charge is 0.211 e. The highest BCUT2D eigenvalue weighted by Gasteiger charge is 2.43. The Hall–Kier alpha value is -1.02. The Labute approximate surface area is 137 Å². The highest BCUT2D eigenvalue weighted by molar-refractivity contribution is 7.88. The summed E-state index contributed by atoms with van der Waals surface area (Å²) in [6.07, 6.45) is 7.64. The second-order valence-corrected chi connectivity index (χ2v) is 8.66. The van der Waals surface area contributed by atoms with Crippen molar-refractivity contribution in [3.8, 4) is 0 Å². The van der Waals surface area contributed by atoms with Crippen LogP contribution in [0, 0.1) is 5.41 Å². The van der Waals surface area contributed by atoms with Crippen LogP contribution in [-0.4, -0.2) is 56.4 Å². The molecule has 1 unspecified atom stereocenters. The fraction of sp³-hybridized carbons (Fsp3) is 0.688. The molecule has 0 aliphatic carbocycles. The molecule has 3 rings (SSSR count). The van der Waals surface area contributed by atoms with Crippen molar-refractivity contribution in [1.29, 1.82) is 0 Å². The fourth-order valence-electron chi connectivity index (χ4n) is 3.43. The molecule has 3 heterocycles. The number of hydrogen-bond acceptors (Lipinski definition) is 5. The van der Waals surface area contributed by atoms with Crippen LogP contribution in [0.3, 0.4) is 0 Å². The molecule has 2 aliphatic heterocycles. The van der Waals surface area contributed by atoms with Crippen molar-refractivity contribution in [3.63, 3.8) is 0 Å². The van der Waals surface area contributed by atoms with Crippen molar-refractivity contribution in [1.82, 2.24) is 9.29 Å². The molecule has 23 heavy (non-hydrogen) atoms. The number of pyridine rings is 1. The number of nitrogens with zero attached hydrogens (tertiary/aromatic N) is 2. The number of piperidine rings is 1. The highest BCUT2D eigenvalue weighted by Crippen LogP contribution is 2.42. The van der Waals surface area contributed by atoms with Crippen molar-refractivity contribution < 1.29 is 17.9 Å². The Morgan fingerprint density at radius 3 is 2.87 bits per heavy atom. The largest absolute Gasteiger partial charge is 0.375 e. The van der Waals surface area contributed by atoms with Crippen LogP contribution >= 0.6 is 0 Å². The molecule has 0 saturated carbocycles. The summed E-state index contributed by atoms with van der Waals surface area (Å²) in [5.41, 5.74) is 1.19. The van der Waals surface area contributed by atoms with Gasteiger partial charge in [-0.2, -0.15) is 0 Å². The Morgan fingerprint density at radius 2 is 2.22 bits per heavy atom. The third kappa shape index (κ3) is 4.29. The standard InChI is InChI=1S/C16H24N2O4S/c1-23(19,20)18-7-4-16(5-8-18)9-15(22-13-16)12-21-11-14-3-2-6-17-10-14/h2-3,6,10,15H,4-5,7-9,11-13H2,1H3. The van der Waals surface area contributed by atoms with Gasteiger partial charge in [0.25, 0.3) is 0 Å². The molecular formula is C16H24N2O4S. The van der Waals surface area contributed by atoms with Gasteiger partial charge in [0, 0.05) is 25.5 Å². The van der Waals surface area contributed by atoms with Gasteiger partial charge in [-0.05, 0) is 36.3 Å². The summed E-state index contributed by atoms with van der Waals surface area (Å²) in [7, 11) is -3.07. The topological polar surface area (TPSA) is 68.7 Å². The summed E-state index contributed by atoms with van der Waals surface area (Å²) in [5, 5.41) is 0. The first-order valence-corrected chi connectivity index (χ1v) is 9.85. The molecular weight excluding hydrogens is 316 g/mol. The van der Waals surface area contributed by atoms with Crippen LogP contribution in [0.5, 0.6) is 0 Å². The molecule has 1 aromatic rings. The minimum Gasteiger partial charge on any atom is -0.375 e. The molecule has 1 spiro atoms. The quantitative estimate of drug-likeness (QED) is 0.811. The van der Waals surface area contributed by atoms with Gasteiger partial charge in [0.2, 0.25) is 10.0 Å². The first-order chi connectivity index (χ1) is 11.0. The molecule has 0 bridgehead atoms. The molecule has 1 aromatic heterocycles. The number of sulfonamides is 1. The summed E-state index contributed by atoms with van der Waals surface area (Å²) >= 11 is 0. The van der Waals surface area contributed by atoms with Crippen LogP contribution in [0.2, 0.25) is 0 Å². The molecule has 7 heteroatoms. The Kier molecular flexibility index (Phi) is 5.01. The van der Waals surface area contributed by atoms with Gasteiger partial charge in [0.15, 0.2) is 0 Å². The van der Waals surface area contributed by atoms with Gasteiger partial charge in [-0.15, -0.1) is 0 Å². The van der Waals surface area contributed by atoms with E-state index < -0.39 is 10.0 Å². The summed E-state index contributed by atoms with van der Waals surface area (Å²) < 4.78 is 36.4. The van der Waals surface area contributed by atoms with E-state index in [1.165, 1.54) is 6.26 Å². The summed E-state index contributed by atoms with van der Waals surface area (Å²) in [4.78, 5) is 4.07. The predicted octanol–water partition coefficient (Wildman–Crippen LogP) is 1.43. The van der Waals surface area contributed by atoms with Gasteiger partial charge in [-0.3, -0.25) is 4.98 Å². The lowest BCUT2D eigenvalue weighted by molar-refractivity contribution is 0.00728. The SMILES string of the molecule is CS(=O)(=O)N1CCC2(CC1)COC(COCc1cccnc1)C2. The summed E-state index contributed by atoms with van der Waals surface area (Å²) in [6.45, 7) is 3.04. The van der Waals surface area contributed by atoms with Crippen LogP contribution in [0.25, 0.3) is 0 Å². The van der Waals surface area contributed by atoms with Gasteiger partial charge < -0.3 is 9.47 Å². The minimum absolute atomic E-state index is 0.108. The van der Waals surface area contributed by atoms with E-state index in [1.807, 2.05) is 12.1 Å². The molecule has 0 N–H and O–H groups in total. The lowest BCUT2D eigenvalue weighted by atomic mass is 9.77. The van der Waals surface area contributed by atoms with Crippen molar-refractivity contribution >= 4 is 10.0 Å². The predicted molar refractivity (Wildman–Crippen MR) is 86.3 cm³/mol. The van der Waals surface area contributed by atoms with Crippen LogP contribution in [0.15, 0.2) is 24.5 Å².